The lowest BCUT2D eigenvalue weighted by atomic mass is 10.2. The van der Waals surface area contributed by atoms with Crippen molar-refractivity contribution in [2.45, 2.75) is 26.3 Å². The molecule has 0 heterocycles. The van der Waals surface area contributed by atoms with Crippen molar-refractivity contribution in [3.05, 3.63) is 12.2 Å². The van der Waals surface area contributed by atoms with Crippen LogP contribution in [0.4, 0.5) is 0 Å². The van der Waals surface area contributed by atoms with Gasteiger partial charge in [-0.15, -0.1) is 0 Å². The molecule has 10 heavy (non-hydrogen) atoms. The molecule has 0 aliphatic carbocycles. The summed E-state index contributed by atoms with van der Waals surface area (Å²) in [6.07, 6.45) is 1.04. The van der Waals surface area contributed by atoms with Crippen molar-refractivity contribution >= 4 is 0 Å². The van der Waals surface area contributed by atoms with Crippen LogP contribution in [0.15, 0.2) is 12.2 Å². The van der Waals surface area contributed by atoms with Gasteiger partial charge in [-0.1, -0.05) is 19.1 Å². The molecule has 0 amide bonds. The standard InChI is InChI=1S/C8H17NO/c1-4-5-10-6-8(9)7(2)3/h8H,2,4-6,9H2,1,3H3. The highest BCUT2D eigenvalue weighted by Gasteiger charge is 2.00. The molecule has 0 bridgehead atoms. The van der Waals surface area contributed by atoms with Gasteiger partial charge >= 0.3 is 0 Å². The highest BCUT2D eigenvalue weighted by molar-refractivity contribution is 4.99. The maximum atomic E-state index is 5.63. The third kappa shape index (κ3) is 4.53. The molecule has 2 nitrogen and oxygen atoms in total. The Hall–Kier alpha value is -0.340. The van der Waals surface area contributed by atoms with Gasteiger partial charge in [0.25, 0.3) is 0 Å². The molecule has 0 aromatic heterocycles. The second-order valence-electron chi connectivity index (χ2n) is 2.53. The molecule has 0 aromatic rings. The van der Waals surface area contributed by atoms with E-state index in [1.54, 1.807) is 0 Å². The quantitative estimate of drug-likeness (QED) is 0.465. The minimum absolute atomic E-state index is 0.00606. The van der Waals surface area contributed by atoms with E-state index in [2.05, 4.69) is 13.5 Å². The van der Waals surface area contributed by atoms with Gasteiger partial charge in [0.15, 0.2) is 0 Å². The van der Waals surface area contributed by atoms with Crippen molar-refractivity contribution < 1.29 is 4.74 Å². The van der Waals surface area contributed by atoms with Crippen LogP contribution in [0.2, 0.25) is 0 Å². The van der Waals surface area contributed by atoms with E-state index in [1.165, 1.54) is 0 Å². The van der Waals surface area contributed by atoms with Gasteiger partial charge in [-0.25, -0.2) is 0 Å². The highest BCUT2D eigenvalue weighted by Crippen LogP contribution is 1.94. The summed E-state index contributed by atoms with van der Waals surface area (Å²) < 4.78 is 5.22. The van der Waals surface area contributed by atoms with Crippen LogP contribution in [0, 0.1) is 0 Å². The monoisotopic (exact) mass is 143 g/mol. The van der Waals surface area contributed by atoms with Crippen LogP contribution in [0.5, 0.6) is 0 Å². The molecule has 0 aliphatic heterocycles. The Bertz CT molecular complexity index is 101. The van der Waals surface area contributed by atoms with Gasteiger partial charge in [-0.2, -0.15) is 0 Å². The molecule has 2 N–H and O–H groups in total. The first kappa shape index (κ1) is 9.66. The summed E-state index contributed by atoms with van der Waals surface area (Å²) in [5.74, 6) is 0. The van der Waals surface area contributed by atoms with Gasteiger partial charge in [0, 0.05) is 12.6 Å². The first-order chi connectivity index (χ1) is 4.68. The van der Waals surface area contributed by atoms with Crippen molar-refractivity contribution in [1.82, 2.24) is 0 Å². The topological polar surface area (TPSA) is 35.2 Å². The third-order valence-corrected chi connectivity index (χ3v) is 1.28. The Morgan fingerprint density at radius 1 is 1.70 bits per heavy atom. The zero-order chi connectivity index (χ0) is 7.98. The predicted molar refractivity (Wildman–Crippen MR) is 43.9 cm³/mol. The fourth-order valence-corrected chi connectivity index (χ4v) is 0.497. The molecule has 0 radical (unpaired) electrons. The van der Waals surface area contributed by atoms with E-state index < -0.39 is 0 Å². The van der Waals surface area contributed by atoms with Gasteiger partial charge in [0.2, 0.25) is 0 Å². The van der Waals surface area contributed by atoms with E-state index in [-0.39, 0.29) is 6.04 Å². The summed E-state index contributed by atoms with van der Waals surface area (Å²) in [5, 5.41) is 0. The van der Waals surface area contributed by atoms with Gasteiger partial charge in [0.1, 0.15) is 0 Å². The van der Waals surface area contributed by atoms with Crippen LogP contribution in [-0.4, -0.2) is 19.3 Å². The molecule has 2 heteroatoms. The Labute approximate surface area is 63.1 Å². The van der Waals surface area contributed by atoms with E-state index in [0.717, 1.165) is 18.6 Å². The molecule has 0 aliphatic rings. The number of hydrogen-bond donors (Lipinski definition) is 1. The summed E-state index contributed by atoms with van der Waals surface area (Å²) in [4.78, 5) is 0. The third-order valence-electron chi connectivity index (χ3n) is 1.28. The summed E-state index contributed by atoms with van der Waals surface area (Å²) in [5.41, 5.74) is 6.62. The van der Waals surface area contributed by atoms with E-state index in [1.807, 2.05) is 6.92 Å². The lowest BCUT2D eigenvalue weighted by Crippen LogP contribution is -2.27. The molecular weight excluding hydrogens is 126 g/mol. The van der Waals surface area contributed by atoms with Gasteiger partial charge in [0.05, 0.1) is 6.61 Å². The second kappa shape index (κ2) is 5.45. The zero-order valence-electron chi connectivity index (χ0n) is 6.89. The van der Waals surface area contributed by atoms with Crippen molar-refractivity contribution in [3.8, 4) is 0 Å². The maximum absolute atomic E-state index is 5.63. The average Bonchev–Trinajstić information content (AvgIpc) is 1.88. The SMILES string of the molecule is C=C(C)C(N)COCCC. The minimum Gasteiger partial charge on any atom is -0.380 e. The van der Waals surface area contributed by atoms with Crippen molar-refractivity contribution in [1.29, 1.82) is 0 Å². The summed E-state index contributed by atoms with van der Waals surface area (Å²) in [7, 11) is 0. The van der Waals surface area contributed by atoms with Crippen molar-refractivity contribution in [2.24, 2.45) is 5.73 Å². The molecule has 60 valence electrons. The first-order valence-electron chi connectivity index (χ1n) is 3.67. The van der Waals surface area contributed by atoms with Gasteiger partial charge in [-0.05, 0) is 13.3 Å². The second-order valence-corrected chi connectivity index (χ2v) is 2.53. The lowest BCUT2D eigenvalue weighted by Gasteiger charge is -2.10. The fraction of sp³-hybridized carbons (Fsp3) is 0.750. The molecular formula is C8H17NO. The molecule has 0 aromatic carbocycles. The van der Waals surface area contributed by atoms with Gasteiger partial charge < -0.3 is 10.5 Å². The van der Waals surface area contributed by atoms with E-state index in [9.17, 15) is 0 Å². The predicted octanol–water partition coefficient (Wildman–Crippen LogP) is 1.32. The van der Waals surface area contributed by atoms with E-state index in [0.29, 0.717) is 6.61 Å². The van der Waals surface area contributed by atoms with E-state index >= 15 is 0 Å². The van der Waals surface area contributed by atoms with Crippen LogP contribution in [0.25, 0.3) is 0 Å². The number of rotatable bonds is 5. The Balaban J connectivity index is 3.21. The molecule has 1 atom stereocenters. The molecule has 0 saturated heterocycles. The largest absolute Gasteiger partial charge is 0.380 e. The smallest absolute Gasteiger partial charge is 0.0655 e. The van der Waals surface area contributed by atoms with Crippen LogP contribution in [0.3, 0.4) is 0 Å². The molecule has 0 fully saturated rings. The molecule has 0 saturated carbocycles. The van der Waals surface area contributed by atoms with Crippen LogP contribution in [0.1, 0.15) is 20.3 Å². The van der Waals surface area contributed by atoms with Crippen molar-refractivity contribution in [2.75, 3.05) is 13.2 Å². The summed E-state index contributed by atoms with van der Waals surface area (Å²) >= 11 is 0. The van der Waals surface area contributed by atoms with E-state index in [4.69, 9.17) is 10.5 Å². The first-order valence-corrected chi connectivity index (χ1v) is 3.67. The molecule has 0 spiro atoms. The summed E-state index contributed by atoms with van der Waals surface area (Å²) in [6, 6.07) is 0.00606. The Morgan fingerprint density at radius 2 is 2.30 bits per heavy atom. The van der Waals surface area contributed by atoms with Gasteiger partial charge in [-0.3, -0.25) is 0 Å². The minimum atomic E-state index is 0.00606. The average molecular weight is 143 g/mol. The maximum Gasteiger partial charge on any atom is 0.0655 e. The number of hydrogen-bond acceptors (Lipinski definition) is 2. The number of nitrogens with two attached hydrogens (primary N) is 1. The fourth-order valence-electron chi connectivity index (χ4n) is 0.497. The van der Waals surface area contributed by atoms with Crippen LogP contribution >= 0.6 is 0 Å². The summed E-state index contributed by atoms with van der Waals surface area (Å²) in [6.45, 7) is 9.11. The van der Waals surface area contributed by atoms with Crippen LogP contribution in [-0.2, 0) is 4.74 Å². The molecule has 1 unspecified atom stereocenters. The lowest BCUT2D eigenvalue weighted by molar-refractivity contribution is 0.128. The Kier molecular flexibility index (Phi) is 5.26. The molecule has 0 rings (SSSR count). The zero-order valence-corrected chi connectivity index (χ0v) is 6.89. The Morgan fingerprint density at radius 3 is 2.70 bits per heavy atom. The highest BCUT2D eigenvalue weighted by atomic mass is 16.5. The number of ether oxygens (including phenoxy) is 1. The van der Waals surface area contributed by atoms with Crippen LogP contribution < -0.4 is 5.73 Å². The normalized spacial score (nSPS) is 13.1. The van der Waals surface area contributed by atoms with Crippen molar-refractivity contribution in [3.63, 3.8) is 0 Å².